The van der Waals surface area contributed by atoms with E-state index in [1.807, 2.05) is 36.4 Å². The summed E-state index contributed by atoms with van der Waals surface area (Å²) in [6.07, 6.45) is 4.96. The zero-order valence-electron chi connectivity index (χ0n) is 12.0. The maximum absolute atomic E-state index is 5.76. The second-order valence-corrected chi connectivity index (χ2v) is 5.27. The number of hydrogen-bond acceptors (Lipinski definition) is 5. The van der Waals surface area contributed by atoms with Crippen LogP contribution in [0.2, 0.25) is 0 Å². The molecule has 0 amide bonds. The van der Waals surface area contributed by atoms with Gasteiger partial charge in [-0.05, 0) is 23.6 Å². The standard InChI is InChI=1S/C18H10N4O/c1-2-4-12-11(3-1)7-8-20-16(12)14-6-5-13-17-15(9-19-10-21-17)23-18(13)22-14/h1-10H. The minimum absolute atomic E-state index is 0.549. The van der Waals surface area contributed by atoms with E-state index in [-0.39, 0.29) is 0 Å². The fraction of sp³-hybridized carbons (Fsp3) is 0. The largest absolute Gasteiger partial charge is 0.434 e. The van der Waals surface area contributed by atoms with Crippen molar-refractivity contribution in [3.05, 3.63) is 61.2 Å². The van der Waals surface area contributed by atoms with Crippen molar-refractivity contribution in [1.82, 2.24) is 19.9 Å². The Morgan fingerprint density at radius 2 is 1.83 bits per heavy atom. The van der Waals surface area contributed by atoms with E-state index < -0.39 is 0 Å². The maximum atomic E-state index is 5.76. The first kappa shape index (κ1) is 12.2. The molecule has 0 spiro atoms. The first-order valence-electron chi connectivity index (χ1n) is 7.23. The summed E-state index contributed by atoms with van der Waals surface area (Å²) in [6.45, 7) is 0. The molecular weight excluding hydrogens is 288 g/mol. The van der Waals surface area contributed by atoms with Crippen LogP contribution in [0.3, 0.4) is 0 Å². The molecule has 0 saturated heterocycles. The number of pyridine rings is 2. The number of rotatable bonds is 1. The van der Waals surface area contributed by atoms with Crippen LogP contribution in [-0.2, 0) is 0 Å². The van der Waals surface area contributed by atoms with E-state index >= 15 is 0 Å². The van der Waals surface area contributed by atoms with E-state index in [1.54, 1.807) is 12.4 Å². The highest BCUT2D eigenvalue weighted by atomic mass is 16.3. The average Bonchev–Trinajstić information content (AvgIpc) is 2.99. The first-order chi connectivity index (χ1) is 11.4. The van der Waals surface area contributed by atoms with Crippen molar-refractivity contribution in [3.63, 3.8) is 0 Å². The van der Waals surface area contributed by atoms with Gasteiger partial charge in [-0.2, -0.15) is 0 Å². The lowest BCUT2D eigenvalue weighted by Gasteiger charge is -2.04. The lowest BCUT2D eigenvalue weighted by Crippen LogP contribution is -1.89. The molecule has 5 aromatic rings. The summed E-state index contributed by atoms with van der Waals surface area (Å²) in [5.41, 5.74) is 3.59. The Labute approximate surface area is 130 Å². The van der Waals surface area contributed by atoms with E-state index in [9.17, 15) is 0 Å². The Balaban J connectivity index is 1.81. The third kappa shape index (κ3) is 1.80. The number of benzene rings is 1. The van der Waals surface area contributed by atoms with Gasteiger partial charge in [0.25, 0.3) is 0 Å². The summed E-state index contributed by atoms with van der Waals surface area (Å²) >= 11 is 0. The number of fused-ring (bicyclic) bond motifs is 4. The van der Waals surface area contributed by atoms with E-state index in [0.717, 1.165) is 33.1 Å². The molecule has 0 saturated carbocycles. The summed E-state index contributed by atoms with van der Waals surface area (Å²) in [5, 5.41) is 3.08. The molecule has 0 aliphatic rings. The van der Waals surface area contributed by atoms with Gasteiger partial charge in [0, 0.05) is 11.6 Å². The molecule has 0 unspecified atom stereocenters. The molecule has 5 rings (SSSR count). The Morgan fingerprint density at radius 3 is 2.83 bits per heavy atom. The Kier molecular flexibility index (Phi) is 2.43. The molecule has 0 radical (unpaired) electrons. The molecule has 0 aliphatic carbocycles. The molecule has 0 fully saturated rings. The molecule has 0 N–H and O–H groups in total. The molecule has 0 atom stereocenters. The predicted molar refractivity (Wildman–Crippen MR) is 87.8 cm³/mol. The number of nitrogens with zero attached hydrogens (tertiary/aromatic N) is 4. The van der Waals surface area contributed by atoms with Gasteiger partial charge >= 0.3 is 0 Å². The van der Waals surface area contributed by atoms with Gasteiger partial charge in [0.1, 0.15) is 11.8 Å². The van der Waals surface area contributed by atoms with Gasteiger partial charge < -0.3 is 4.42 Å². The molecule has 1 aromatic carbocycles. The van der Waals surface area contributed by atoms with Crippen molar-refractivity contribution in [1.29, 1.82) is 0 Å². The fourth-order valence-electron chi connectivity index (χ4n) is 2.85. The lowest BCUT2D eigenvalue weighted by molar-refractivity contribution is 0.651. The van der Waals surface area contributed by atoms with Crippen LogP contribution < -0.4 is 0 Å². The zero-order valence-corrected chi connectivity index (χ0v) is 12.0. The second-order valence-electron chi connectivity index (χ2n) is 5.27. The molecule has 0 aliphatic heterocycles. The maximum Gasteiger partial charge on any atom is 0.229 e. The molecule has 23 heavy (non-hydrogen) atoms. The molecule has 4 heterocycles. The summed E-state index contributed by atoms with van der Waals surface area (Å²) in [7, 11) is 0. The van der Waals surface area contributed by atoms with Crippen molar-refractivity contribution in [3.8, 4) is 11.4 Å². The minimum Gasteiger partial charge on any atom is -0.434 e. The predicted octanol–water partition coefficient (Wildman–Crippen LogP) is 3.99. The quantitative estimate of drug-likeness (QED) is 0.468. The monoisotopic (exact) mass is 298 g/mol. The van der Waals surface area contributed by atoms with E-state index in [2.05, 4.69) is 26.0 Å². The van der Waals surface area contributed by atoms with Crippen LogP contribution in [0.1, 0.15) is 0 Å². The summed E-state index contributed by atoms with van der Waals surface area (Å²) < 4.78 is 5.76. The lowest BCUT2D eigenvalue weighted by atomic mass is 10.1. The normalized spacial score (nSPS) is 11.5. The highest BCUT2D eigenvalue weighted by molar-refractivity contribution is 6.02. The van der Waals surface area contributed by atoms with E-state index in [1.165, 1.54) is 6.33 Å². The fourth-order valence-corrected chi connectivity index (χ4v) is 2.85. The Morgan fingerprint density at radius 1 is 0.870 bits per heavy atom. The highest BCUT2D eigenvalue weighted by Crippen LogP contribution is 2.30. The smallest absolute Gasteiger partial charge is 0.229 e. The van der Waals surface area contributed by atoms with Gasteiger partial charge in [0.15, 0.2) is 5.58 Å². The van der Waals surface area contributed by atoms with Crippen molar-refractivity contribution in [2.24, 2.45) is 0 Å². The second kappa shape index (κ2) is 4.58. The van der Waals surface area contributed by atoms with Crippen molar-refractivity contribution in [2.75, 3.05) is 0 Å². The number of aromatic nitrogens is 4. The topological polar surface area (TPSA) is 64.7 Å². The average molecular weight is 298 g/mol. The van der Waals surface area contributed by atoms with Crippen LogP contribution in [0.4, 0.5) is 0 Å². The van der Waals surface area contributed by atoms with Crippen LogP contribution in [0.15, 0.2) is 65.6 Å². The number of hydrogen-bond donors (Lipinski definition) is 0. The van der Waals surface area contributed by atoms with Gasteiger partial charge in [-0.25, -0.2) is 15.0 Å². The van der Waals surface area contributed by atoms with E-state index in [0.29, 0.717) is 11.3 Å². The van der Waals surface area contributed by atoms with Crippen molar-refractivity contribution >= 4 is 33.0 Å². The summed E-state index contributed by atoms with van der Waals surface area (Å²) in [5.74, 6) is 0. The minimum atomic E-state index is 0.549. The van der Waals surface area contributed by atoms with Gasteiger partial charge in [-0.1, -0.05) is 24.3 Å². The van der Waals surface area contributed by atoms with Gasteiger partial charge in [0.2, 0.25) is 5.71 Å². The van der Waals surface area contributed by atoms with Gasteiger partial charge in [0.05, 0.1) is 23.0 Å². The van der Waals surface area contributed by atoms with Crippen LogP contribution in [0.5, 0.6) is 0 Å². The Bertz CT molecular complexity index is 1170. The molecule has 0 bridgehead atoms. The van der Waals surface area contributed by atoms with Crippen LogP contribution in [0, 0.1) is 0 Å². The van der Waals surface area contributed by atoms with Gasteiger partial charge in [-0.3, -0.25) is 4.98 Å². The first-order valence-corrected chi connectivity index (χ1v) is 7.23. The molecule has 4 aromatic heterocycles. The summed E-state index contributed by atoms with van der Waals surface area (Å²) in [6, 6.07) is 14.1. The molecule has 5 heteroatoms. The van der Waals surface area contributed by atoms with Crippen LogP contribution >= 0.6 is 0 Å². The highest BCUT2D eigenvalue weighted by Gasteiger charge is 2.12. The number of furan rings is 1. The Hall–Kier alpha value is -3.34. The molecule has 108 valence electrons. The summed E-state index contributed by atoms with van der Waals surface area (Å²) in [4.78, 5) is 17.4. The van der Waals surface area contributed by atoms with E-state index in [4.69, 9.17) is 4.42 Å². The third-order valence-corrected chi connectivity index (χ3v) is 3.92. The third-order valence-electron chi connectivity index (χ3n) is 3.92. The van der Waals surface area contributed by atoms with Crippen molar-refractivity contribution < 1.29 is 4.42 Å². The SMILES string of the molecule is c1ccc2c(-c3ccc4c(n3)oc3cncnc34)nccc2c1. The van der Waals surface area contributed by atoms with Gasteiger partial charge in [-0.15, -0.1) is 0 Å². The van der Waals surface area contributed by atoms with Crippen LogP contribution in [0.25, 0.3) is 44.4 Å². The zero-order chi connectivity index (χ0) is 15.2. The molecule has 5 nitrogen and oxygen atoms in total. The van der Waals surface area contributed by atoms with Crippen LogP contribution in [-0.4, -0.2) is 19.9 Å². The molecular formula is C18H10N4O. The van der Waals surface area contributed by atoms with Crippen molar-refractivity contribution in [2.45, 2.75) is 0 Å².